The first-order valence-corrected chi connectivity index (χ1v) is 7.85. The molecule has 1 saturated heterocycles. The molecule has 1 aromatic rings. The highest BCUT2D eigenvalue weighted by Gasteiger charge is 2.25. The van der Waals surface area contributed by atoms with Gasteiger partial charge in [0.2, 0.25) is 11.8 Å². The van der Waals surface area contributed by atoms with Gasteiger partial charge >= 0.3 is 0 Å². The number of rotatable bonds is 5. The largest absolute Gasteiger partial charge is 0.369 e. The van der Waals surface area contributed by atoms with E-state index in [0.29, 0.717) is 13.1 Å². The van der Waals surface area contributed by atoms with Gasteiger partial charge in [0, 0.05) is 19.2 Å². The molecular weight excluding hydrogens is 276 g/mol. The average molecular weight is 300 g/mol. The van der Waals surface area contributed by atoms with Crippen molar-refractivity contribution in [1.82, 2.24) is 4.90 Å². The van der Waals surface area contributed by atoms with Gasteiger partial charge in [-0.25, -0.2) is 0 Å². The Labute approximate surface area is 132 Å². The van der Waals surface area contributed by atoms with Crippen LogP contribution in [-0.4, -0.2) is 29.8 Å². The second-order valence-corrected chi connectivity index (χ2v) is 6.00. The Balaban J connectivity index is 1.87. The van der Waals surface area contributed by atoms with Gasteiger partial charge in [-0.2, -0.15) is 0 Å². The van der Waals surface area contributed by atoms with Gasteiger partial charge in [-0.3, -0.25) is 9.59 Å². The van der Waals surface area contributed by atoms with Crippen LogP contribution < -0.4 is 5.73 Å². The molecule has 0 spiro atoms. The first-order valence-electron chi connectivity index (χ1n) is 7.85. The van der Waals surface area contributed by atoms with Gasteiger partial charge in [-0.15, -0.1) is 0 Å². The van der Waals surface area contributed by atoms with Crippen LogP contribution in [0.4, 0.5) is 0 Å². The van der Waals surface area contributed by atoms with Gasteiger partial charge in [-0.1, -0.05) is 35.9 Å². The number of likely N-dealkylation sites (tertiary alicyclic amines) is 1. The quantitative estimate of drug-likeness (QED) is 0.848. The van der Waals surface area contributed by atoms with E-state index < -0.39 is 0 Å². The smallest absolute Gasteiger partial charge is 0.246 e. The van der Waals surface area contributed by atoms with E-state index in [-0.39, 0.29) is 17.7 Å². The monoisotopic (exact) mass is 300 g/mol. The minimum absolute atomic E-state index is 0.00323. The van der Waals surface area contributed by atoms with Gasteiger partial charge in [0.25, 0.3) is 0 Å². The molecule has 4 heteroatoms. The van der Waals surface area contributed by atoms with Crippen LogP contribution in [0.25, 0.3) is 0 Å². The molecule has 0 saturated carbocycles. The molecule has 0 radical (unpaired) electrons. The standard InChI is InChI=1S/C18H24N2O2/c1-14(9-10-15-6-3-2-4-7-15)12-17(21)20-11-5-8-16(13-20)18(19)22/h2-4,6-7,12,16H,5,8-11,13H2,1H3,(H2,19,22)/b14-12+/t16-/m1/s1. The lowest BCUT2D eigenvalue weighted by Gasteiger charge is -2.30. The van der Waals surface area contributed by atoms with Crippen molar-refractivity contribution < 1.29 is 9.59 Å². The average Bonchev–Trinajstić information content (AvgIpc) is 2.54. The van der Waals surface area contributed by atoms with Gasteiger partial charge in [0.1, 0.15) is 0 Å². The molecule has 1 aliphatic heterocycles. The summed E-state index contributed by atoms with van der Waals surface area (Å²) >= 11 is 0. The molecule has 1 aromatic carbocycles. The lowest BCUT2D eigenvalue weighted by atomic mass is 9.97. The molecule has 0 unspecified atom stereocenters. The summed E-state index contributed by atoms with van der Waals surface area (Å²) in [5.74, 6) is -0.505. The molecule has 1 fully saturated rings. The Kier molecular flexibility index (Phi) is 5.75. The van der Waals surface area contributed by atoms with E-state index in [0.717, 1.165) is 31.3 Å². The number of hydrogen-bond acceptors (Lipinski definition) is 2. The zero-order valence-electron chi connectivity index (χ0n) is 13.1. The third-order valence-electron chi connectivity index (χ3n) is 4.16. The molecule has 2 N–H and O–H groups in total. The Morgan fingerprint density at radius 2 is 2.05 bits per heavy atom. The fourth-order valence-electron chi connectivity index (χ4n) is 2.77. The van der Waals surface area contributed by atoms with E-state index in [9.17, 15) is 9.59 Å². The minimum Gasteiger partial charge on any atom is -0.369 e. The number of amides is 2. The van der Waals surface area contributed by atoms with Crippen LogP contribution in [0, 0.1) is 5.92 Å². The number of allylic oxidation sites excluding steroid dienone is 1. The van der Waals surface area contributed by atoms with Crippen molar-refractivity contribution >= 4 is 11.8 Å². The van der Waals surface area contributed by atoms with Crippen molar-refractivity contribution in [1.29, 1.82) is 0 Å². The Morgan fingerprint density at radius 3 is 2.73 bits per heavy atom. The molecule has 118 valence electrons. The Bertz CT molecular complexity index is 551. The van der Waals surface area contributed by atoms with E-state index in [2.05, 4.69) is 12.1 Å². The first kappa shape index (κ1) is 16.3. The SMILES string of the molecule is C/C(=C\C(=O)N1CCC[C@@H](C(N)=O)C1)CCc1ccccc1. The summed E-state index contributed by atoms with van der Waals surface area (Å²) in [5.41, 5.74) is 7.69. The number of piperidine rings is 1. The molecule has 1 heterocycles. The summed E-state index contributed by atoms with van der Waals surface area (Å²) in [7, 11) is 0. The summed E-state index contributed by atoms with van der Waals surface area (Å²) in [6.45, 7) is 3.15. The number of hydrogen-bond donors (Lipinski definition) is 1. The predicted octanol–water partition coefficient (Wildman–Crippen LogP) is 2.29. The Hall–Kier alpha value is -2.10. The number of nitrogens with zero attached hydrogens (tertiary/aromatic N) is 1. The number of benzene rings is 1. The predicted molar refractivity (Wildman–Crippen MR) is 87.0 cm³/mol. The van der Waals surface area contributed by atoms with Crippen LogP contribution in [0.3, 0.4) is 0 Å². The molecule has 0 aromatic heterocycles. The molecule has 1 atom stereocenters. The van der Waals surface area contributed by atoms with E-state index >= 15 is 0 Å². The Morgan fingerprint density at radius 1 is 1.32 bits per heavy atom. The van der Waals surface area contributed by atoms with E-state index in [4.69, 9.17) is 5.73 Å². The second-order valence-electron chi connectivity index (χ2n) is 6.00. The molecule has 2 rings (SSSR count). The summed E-state index contributed by atoms with van der Waals surface area (Å²) in [5, 5.41) is 0. The maximum absolute atomic E-state index is 12.3. The van der Waals surface area contributed by atoms with Crippen LogP contribution in [-0.2, 0) is 16.0 Å². The summed E-state index contributed by atoms with van der Waals surface area (Å²) < 4.78 is 0. The van der Waals surface area contributed by atoms with Crippen LogP contribution in [0.1, 0.15) is 31.7 Å². The zero-order valence-corrected chi connectivity index (χ0v) is 13.1. The fourth-order valence-corrected chi connectivity index (χ4v) is 2.77. The van der Waals surface area contributed by atoms with Gasteiger partial charge < -0.3 is 10.6 Å². The van der Waals surface area contributed by atoms with Gasteiger partial charge in [-0.05, 0) is 38.2 Å². The molecular formula is C18H24N2O2. The van der Waals surface area contributed by atoms with Gasteiger partial charge in [0.05, 0.1) is 5.92 Å². The van der Waals surface area contributed by atoms with E-state index in [1.165, 1.54) is 5.56 Å². The van der Waals surface area contributed by atoms with Crippen molar-refractivity contribution in [3.8, 4) is 0 Å². The fraction of sp³-hybridized carbons (Fsp3) is 0.444. The first-order chi connectivity index (χ1) is 10.6. The number of carbonyl (C=O) groups excluding carboxylic acids is 2. The molecule has 0 bridgehead atoms. The number of primary amides is 1. The van der Waals surface area contributed by atoms with Crippen molar-refractivity contribution in [2.24, 2.45) is 11.7 Å². The molecule has 22 heavy (non-hydrogen) atoms. The lowest BCUT2D eigenvalue weighted by molar-refractivity contribution is -0.130. The minimum atomic E-state index is -0.303. The lowest BCUT2D eigenvalue weighted by Crippen LogP contribution is -2.43. The van der Waals surface area contributed by atoms with E-state index in [1.54, 1.807) is 11.0 Å². The van der Waals surface area contributed by atoms with Crippen molar-refractivity contribution in [3.05, 3.63) is 47.5 Å². The van der Waals surface area contributed by atoms with Crippen LogP contribution in [0.5, 0.6) is 0 Å². The van der Waals surface area contributed by atoms with Gasteiger partial charge in [0.15, 0.2) is 0 Å². The van der Waals surface area contributed by atoms with Crippen LogP contribution >= 0.6 is 0 Å². The zero-order chi connectivity index (χ0) is 15.9. The van der Waals surface area contributed by atoms with E-state index in [1.807, 2.05) is 25.1 Å². The summed E-state index contributed by atoms with van der Waals surface area (Å²) in [6, 6.07) is 10.2. The molecule has 1 aliphatic rings. The highest BCUT2D eigenvalue weighted by molar-refractivity contribution is 5.89. The van der Waals surface area contributed by atoms with Crippen LogP contribution in [0.2, 0.25) is 0 Å². The summed E-state index contributed by atoms with van der Waals surface area (Å²) in [6.07, 6.45) is 5.13. The number of nitrogens with two attached hydrogens (primary N) is 1. The molecule has 4 nitrogen and oxygen atoms in total. The number of aryl methyl sites for hydroxylation is 1. The third kappa shape index (κ3) is 4.72. The summed E-state index contributed by atoms with van der Waals surface area (Å²) in [4.78, 5) is 25.3. The second kappa shape index (κ2) is 7.78. The maximum Gasteiger partial charge on any atom is 0.246 e. The normalized spacial score (nSPS) is 19.0. The van der Waals surface area contributed by atoms with Crippen molar-refractivity contribution in [2.75, 3.05) is 13.1 Å². The topological polar surface area (TPSA) is 63.4 Å². The van der Waals surface area contributed by atoms with Crippen LogP contribution in [0.15, 0.2) is 42.0 Å². The molecule has 2 amide bonds. The number of carbonyl (C=O) groups is 2. The van der Waals surface area contributed by atoms with Crippen molar-refractivity contribution in [2.45, 2.75) is 32.6 Å². The third-order valence-corrected chi connectivity index (χ3v) is 4.16. The van der Waals surface area contributed by atoms with Crippen molar-refractivity contribution in [3.63, 3.8) is 0 Å². The maximum atomic E-state index is 12.3. The molecule has 0 aliphatic carbocycles. The highest BCUT2D eigenvalue weighted by Crippen LogP contribution is 2.17. The highest BCUT2D eigenvalue weighted by atomic mass is 16.2.